The first-order valence-corrected chi connectivity index (χ1v) is 12.1. The van der Waals surface area contributed by atoms with Crippen LogP contribution in [-0.4, -0.2) is 61.6 Å². The predicted molar refractivity (Wildman–Crippen MR) is 133 cm³/mol. The van der Waals surface area contributed by atoms with Crippen molar-refractivity contribution in [3.8, 4) is 0 Å². The van der Waals surface area contributed by atoms with Crippen LogP contribution in [0.25, 0.3) is 0 Å². The molecule has 2 aliphatic heterocycles. The van der Waals surface area contributed by atoms with Gasteiger partial charge in [0.1, 0.15) is 12.2 Å². The van der Waals surface area contributed by atoms with Crippen molar-refractivity contribution in [2.75, 3.05) is 12.0 Å². The van der Waals surface area contributed by atoms with Crippen LogP contribution in [0.5, 0.6) is 0 Å². The highest BCUT2D eigenvalue weighted by molar-refractivity contribution is 5.92. The molecule has 0 spiro atoms. The molecule has 0 aliphatic carbocycles. The lowest BCUT2D eigenvalue weighted by Crippen LogP contribution is -2.66. The fraction of sp³-hybridized carbons (Fsp3) is 0.393. The van der Waals surface area contributed by atoms with Crippen LogP contribution in [0, 0.1) is 0 Å². The van der Waals surface area contributed by atoms with Gasteiger partial charge in [-0.05, 0) is 23.8 Å². The minimum atomic E-state index is -1.08. The molecule has 0 radical (unpaired) electrons. The van der Waals surface area contributed by atoms with Crippen LogP contribution >= 0.6 is 0 Å². The molecule has 2 aromatic carbocycles. The first kappa shape index (κ1) is 26.5. The quantitative estimate of drug-likeness (QED) is 0.497. The van der Waals surface area contributed by atoms with E-state index in [1.54, 1.807) is 6.20 Å². The Morgan fingerprint density at radius 1 is 0.919 bits per heavy atom. The highest BCUT2D eigenvalue weighted by Gasteiger charge is 2.54. The molecule has 6 atom stereocenters. The highest BCUT2D eigenvalue weighted by atomic mass is 16.7. The van der Waals surface area contributed by atoms with Crippen LogP contribution in [0.3, 0.4) is 0 Å². The van der Waals surface area contributed by atoms with Crippen molar-refractivity contribution in [2.45, 2.75) is 63.6 Å². The van der Waals surface area contributed by atoms with Gasteiger partial charge in [0.25, 0.3) is 0 Å². The summed E-state index contributed by atoms with van der Waals surface area (Å²) in [7, 11) is 1.41. The second-order valence-electron chi connectivity index (χ2n) is 8.91. The molecule has 0 aromatic heterocycles. The summed E-state index contributed by atoms with van der Waals surface area (Å²) in [5.41, 5.74) is 1.74. The lowest BCUT2D eigenvalue weighted by atomic mass is 9.88. The maximum absolute atomic E-state index is 12.6. The smallest absolute Gasteiger partial charge is 0.303 e. The van der Waals surface area contributed by atoms with E-state index >= 15 is 0 Å². The summed E-state index contributed by atoms with van der Waals surface area (Å²) in [4.78, 5) is 38.7. The van der Waals surface area contributed by atoms with Crippen LogP contribution in [0.4, 0.5) is 5.69 Å². The predicted octanol–water partition coefficient (Wildman–Crippen LogP) is 3.17. The third kappa shape index (κ3) is 6.43. The van der Waals surface area contributed by atoms with E-state index in [1.807, 2.05) is 65.6 Å². The maximum atomic E-state index is 12.6. The number of anilines is 1. The van der Waals surface area contributed by atoms with Crippen molar-refractivity contribution in [1.82, 2.24) is 0 Å². The Kier molecular flexibility index (Phi) is 8.70. The van der Waals surface area contributed by atoms with Gasteiger partial charge in [-0.2, -0.15) is 0 Å². The van der Waals surface area contributed by atoms with Gasteiger partial charge in [0, 0.05) is 39.3 Å². The molecule has 0 saturated carbocycles. The normalized spacial score (nSPS) is 27.5. The number of hydrogen-bond acceptors (Lipinski definition) is 9. The number of rotatable bonds is 8. The molecule has 1 unspecified atom stereocenters. The van der Waals surface area contributed by atoms with E-state index in [1.165, 1.54) is 27.0 Å². The summed E-state index contributed by atoms with van der Waals surface area (Å²) < 4.78 is 29.5. The molecule has 37 heavy (non-hydrogen) atoms. The summed E-state index contributed by atoms with van der Waals surface area (Å²) in [6.45, 7) is 2.70. The second kappa shape index (κ2) is 12.1. The van der Waals surface area contributed by atoms with Crippen LogP contribution in [0.1, 0.15) is 25.8 Å². The minimum Gasteiger partial charge on any atom is -0.455 e. The number of allylic oxidation sites excluding steroid dienone is 1. The monoisotopic (exact) mass is 509 g/mol. The molecule has 0 bridgehead atoms. The van der Waals surface area contributed by atoms with Crippen molar-refractivity contribution in [2.24, 2.45) is 0 Å². The average molecular weight is 510 g/mol. The van der Waals surface area contributed by atoms with Crippen LogP contribution in [0.15, 0.2) is 72.9 Å². The molecule has 9 nitrogen and oxygen atoms in total. The fourth-order valence-electron chi connectivity index (χ4n) is 4.73. The van der Waals surface area contributed by atoms with Gasteiger partial charge in [0.2, 0.25) is 0 Å². The Morgan fingerprint density at radius 2 is 1.54 bits per heavy atom. The summed E-state index contributed by atoms with van der Waals surface area (Å²) >= 11 is 0. The summed E-state index contributed by atoms with van der Waals surface area (Å²) in [6.07, 6.45) is -1.52. The SMILES string of the molecule is CO[C@H]1O[C@H](C2CC(=O)C=CN2c2ccccc2)[C@@H](OCc2ccccc2)[C@H](OC(C)=O)[C@@H]1OC(C)=O. The van der Waals surface area contributed by atoms with E-state index in [0.717, 1.165) is 11.3 Å². The number of methoxy groups -OCH3 is 1. The lowest BCUT2D eigenvalue weighted by Gasteiger charge is -2.49. The van der Waals surface area contributed by atoms with Crippen molar-refractivity contribution in [3.63, 3.8) is 0 Å². The van der Waals surface area contributed by atoms with Crippen LogP contribution in [-0.2, 0) is 44.7 Å². The third-order valence-corrected chi connectivity index (χ3v) is 6.27. The number of para-hydroxylation sites is 1. The van der Waals surface area contributed by atoms with Crippen molar-refractivity contribution >= 4 is 23.4 Å². The zero-order valence-electron chi connectivity index (χ0n) is 21.0. The van der Waals surface area contributed by atoms with Gasteiger partial charge >= 0.3 is 11.9 Å². The number of ether oxygens (including phenoxy) is 5. The largest absolute Gasteiger partial charge is 0.455 e. The molecule has 4 rings (SSSR count). The van der Waals surface area contributed by atoms with Gasteiger partial charge in [0.05, 0.1) is 12.6 Å². The first-order chi connectivity index (χ1) is 17.9. The van der Waals surface area contributed by atoms with E-state index in [2.05, 4.69) is 0 Å². The second-order valence-corrected chi connectivity index (χ2v) is 8.91. The summed E-state index contributed by atoms with van der Waals surface area (Å²) in [6, 6.07) is 18.5. The molecule has 2 aliphatic rings. The molecular formula is C28H31NO8. The Hall–Kier alpha value is -3.53. The van der Waals surface area contributed by atoms with Crippen LogP contribution < -0.4 is 4.90 Å². The van der Waals surface area contributed by atoms with Gasteiger partial charge in [-0.25, -0.2) is 0 Å². The molecule has 1 fully saturated rings. The van der Waals surface area contributed by atoms with E-state index in [4.69, 9.17) is 23.7 Å². The molecule has 0 N–H and O–H groups in total. The fourth-order valence-corrected chi connectivity index (χ4v) is 4.73. The van der Waals surface area contributed by atoms with Crippen molar-refractivity contribution in [1.29, 1.82) is 0 Å². The topological polar surface area (TPSA) is 101 Å². The lowest BCUT2D eigenvalue weighted by molar-refractivity contribution is -0.306. The van der Waals surface area contributed by atoms with Gasteiger partial charge in [-0.1, -0.05) is 48.5 Å². The van der Waals surface area contributed by atoms with Gasteiger partial charge in [0.15, 0.2) is 24.3 Å². The number of hydrogen-bond donors (Lipinski definition) is 0. The van der Waals surface area contributed by atoms with Crippen molar-refractivity contribution in [3.05, 3.63) is 78.5 Å². The van der Waals surface area contributed by atoms with E-state index in [9.17, 15) is 14.4 Å². The van der Waals surface area contributed by atoms with E-state index in [0.29, 0.717) is 0 Å². The Morgan fingerprint density at radius 3 is 2.16 bits per heavy atom. The number of benzene rings is 2. The van der Waals surface area contributed by atoms with Gasteiger partial charge < -0.3 is 28.6 Å². The summed E-state index contributed by atoms with van der Waals surface area (Å²) in [5, 5.41) is 0. The van der Waals surface area contributed by atoms with Crippen molar-refractivity contribution < 1.29 is 38.1 Å². The molecule has 9 heteroatoms. The standard InChI is InChI=1S/C28H31NO8/c1-18(30)35-26-25(34-17-20-10-6-4-7-11-20)24(37-28(33-3)27(26)36-19(2)31)23-16-22(32)14-15-29(23)21-12-8-5-9-13-21/h4-15,23-28H,16-17H2,1-3H3/t23?,24-,25-,26+,27+,28+/m1/s1. The summed E-state index contributed by atoms with van der Waals surface area (Å²) in [5.74, 6) is -1.25. The number of ketones is 1. The average Bonchev–Trinajstić information content (AvgIpc) is 2.89. The molecule has 196 valence electrons. The number of carbonyl (C=O) groups is 3. The van der Waals surface area contributed by atoms with Crippen LogP contribution in [0.2, 0.25) is 0 Å². The zero-order valence-corrected chi connectivity index (χ0v) is 21.0. The maximum Gasteiger partial charge on any atom is 0.303 e. The number of carbonyl (C=O) groups excluding carboxylic acids is 3. The zero-order chi connectivity index (χ0) is 26.4. The molecular weight excluding hydrogens is 478 g/mol. The van der Waals surface area contributed by atoms with E-state index < -0.39 is 48.7 Å². The molecule has 2 aromatic rings. The highest BCUT2D eigenvalue weighted by Crippen LogP contribution is 2.36. The Balaban J connectivity index is 1.75. The number of nitrogens with zero attached hydrogens (tertiary/aromatic N) is 1. The minimum absolute atomic E-state index is 0.0808. The first-order valence-electron chi connectivity index (χ1n) is 12.1. The Labute approximate surface area is 215 Å². The molecule has 0 amide bonds. The Bertz CT molecular complexity index is 1110. The molecule has 2 heterocycles. The van der Waals surface area contributed by atoms with Gasteiger partial charge in [-0.3, -0.25) is 14.4 Å². The van der Waals surface area contributed by atoms with Gasteiger partial charge in [-0.15, -0.1) is 0 Å². The third-order valence-electron chi connectivity index (χ3n) is 6.27. The number of esters is 2. The molecule has 1 saturated heterocycles. The van der Waals surface area contributed by atoms with E-state index in [-0.39, 0.29) is 18.8 Å².